The number of hydrogen-bond acceptors (Lipinski definition) is 4. The Balaban J connectivity index is 2.81. The van der Waals surface area contributed by atoms with Gasteiger partial charge in [-0.1, -0.05) is 6.07 Å². The first kappa shape index (κ1) is 9.95. The minimum Gasteiger partial charge on any atom is -0.427 e. The highest BCUT2D eigenvalue weighted by atomic mass is 79.9. The average Bonchev–Trinajstić information content (AvgIpc) is 2.48. The fourth-order valence-corrected chi connectivity index (χ4v) is 2.02. The number of nitrogens with zero attached hydrogens (tertiary/aromatic N) is 1. The molecule has 0 aliphatic carbocycles. The van der Waals surface area contributed by atoms with E-state index in [0.717, 1.165) is 0 Å². The molecular formula is C7H3BrClNO3S. The normalized spacial score (nSPS) is 12.1. The van der Waals surface area contributed by atoms with Crippen LogP contribution in [0.4, 0.5) is 0 Å². The lowest BCUT2D eigenvalue weighted by Gasteiger charge is -1.86. The molecule has 0 saturated heterocycles. The van der Waals surface area contributed by atoms with E-state index in [1.165, 1.54) is 0 Å². The number of rotatable bonds is 1. The van der Waals surface area contributed by atoms with E-state index in [9.17, 15) is 8.42 Å². The largest absolute Gasteiger partial charge is 0.427 e. The van der Waals surface area contributed by atoms with E-state index in [1.54, 1.807) is 18.2 Å². The standard InChI is InChI=1S/C7H3BrClNO3S/c8-4-2-1-3-5-6(4)10-7(13-5)14(9,11)12/h1-3H. The van der Waals surface area contributed by atoms with Gasteiger partial charge in [-0.3, -0.25) is 0 Å². The highest BCUT2D eigenvalue weighted by Crippen LogP contribution is 2.26. The Kier molecular flexibility index (Phi) is 2.29. The van der Waals surface area contributed by atoms with Gasteiger partial charge in [-0.2, -0.15) is 4.98 Å². The minimum atomic E-state index is -3.91. The van der Waals surface area contributed by atoms with Crippen molar-refractivity contribution in [3.05, 3.63) is 22.7 Å². The van der Waals surface area contributed by atoms with Crippen LogP contribution in [0, 0.1) is 0 Å². The van der Waals surface area contributed by atoms with E-state index in [4.69, 9.17) is 15.1 Å². The van der Waals surface area contributed by atoms with Crippen molar-refractivity contribution in [2.24, 2.45) is 0 Å². The van der Waals surface area contributed by atoms with Crippen LogP contribution in [0.15, 0.2) is 32.3 Å². The second-order valence-electron chi connectivity index (χ2n) is 2.50. The summed E-state index contributed by atoms with van der Waals surface area (Å²) in [5, 5.41) is -0.485. The van der Waals surface area contributed by atoms with E-state index in [2.05, 4.69) is 20.9 Å². The molecule has 14 heavy (non-hydrogen) atoms. The zero-order valence-corrected chi connectivity index (χ0v) is 9.73. The molecule has 4 nitrogen and oxygen atoms in total. The van der Waals surface area contributed by atoms with Gasteiger partial charge in [-0.05, 0) is 28.1 Å². The molecule has 0 spiro atoms. The van der Waals surface area contributed by atoms with Crippen LogP contribution in [0.3, 0.4) is 0 Å². The van der Waals surface area contributed by atoms with Gasteiger partial charge in [0, 0.05) is 15.2 Å². The van der Waals surface area contributed by atoms with Gasteiger partial charge in [0.1, 0.15) is 5.52 Å². The second-order valence-corrected chi connectivity index (χ2v) is 5.80. The summed E-state index contributed by atoms with van der Waals surface area (Å²) < 4.78 is 27.4. The number of para-hydroxylation sites is 1. The van der Waals surface area contributed by atoms with Gasteiger partial charge >= 0.3 is 14.3 Å². The number of fused-ring (bicyclic) bond motifs is 1. The monoisotopic (exact) mass is 295 g/mol. The SMILES string of the molecule is O=S(=O)(Cl)c1nc2c(Br)cccc2o1. The Hall–Kier alpha value is -0.590. The summed E-state index contributed by atoms with van der Waals surface area (Å²) in [5.41, 5.74) is 0.810. The molecule has 1 aromatic heterocycles. The van der Waals surface area contributed by atoms with Crippen LogP contribution in [-0.4, -0.2) is 13.4 Å². The highest BCUT2D eigenvalue weighted by molar-refractivity contribution is 9.10. The molecule has 74 valence electrons. The van der Waals surface area contributed by atoms with Crippen molar-refractivity contribution < 1.29 is 12.8 Å². The van der Waals surface area contributed by atoms with Crippen molar-refractivity contribution in [1.29, 1.82) is 0 Å². The first-order valence-electron chi connectivity index (χ1n) is 3.48. The van der Waals surface area contributed by atoms with Gasteiger partial charge in [0.25, 0.3) is 0 Å². The zero-order chi connectivity index (χ0) is 10.3. The van der Waals surface area contributed by atoms with E-state index in [1.807, 2.05) is 0 Å². The van der Waals surface area contributed by atoms with Crippen molar-refractivity contribution in [2.75, 3.05) is 0 Å². The number of benzene rings is 1. The van der Waals surface area contributed by atoms with Crippen molar-refractivity contribution in [3.63, 3.8) is 0 Å². The summed E-state index contributed by atoms with van der Waals surface area (Å²) in [4.78, 5) is 3.75. The smallest absolute Gasteiger partial charge is 0.332 e. The molecule has 0 fully saturated rings. The molecule has 2 aromatic rings. The summed E-state index contributed by atoms with van der Waals surface area (Å²) in [6, 6.07) is 5.05. The molecule has 0 amide bonds. The van der Waals surface area contributed by atoms with Gasteiger partial charge in [-0.15, -0.1) is 0 Å². The molecule has 1 heterocycles. The molecule has 0 aliphatic rings. The maximum absolute atomic E-state index is 10.9. The fraction of sp³-hybridized carbons (Fsp3) is 0. The van der Waals surface area contributed by atoms with E-state index in [0.29, 0.717) is 15.6 Å². The maximum atomic E-state index is 10.9. The lowest BCUT2D eigenvalue weighted by Crippen LogP contribution is -1.88. The van der Waals surface area contributed by atoms with Crippen LogP contribution in [0.2, 0.25) is 0 Å². The zero-order valence-electron chi connectivity index (χ0n) is 6.57. The Labute approximate surface area is 92.4 Å². The molecule has 1 aromatic carbocycles. The average molecular weight is 297 g/mol. The van der Waals surface area contributed by atoms with Crippen LogP contribution in [0.5, 0.6) is 0 Å². The summed E-state index contributed by atoms with van der Waals surface area (Å²) in [6.07, 6.45) is 0. The summed E-state index contributed by atoms with van der Waals surface area (Å²) in [6.45, 7) is 0. The Morgan fingerprint density at radius 2 is 2.14 bits per heavy atom. The Bertz CT molecular complexity index is 592. The molecule has 2 rings (SSSR count). The molecule has 0 bridgehead atoms. The lowest BCUT2D eigenvalue weighted by atomic mass is 10.3. The van der Waals surface area contributed by atoms with Gasteiger partial charge in [-0.25, -0.2) is 8.42 Å². The lowest BCUT2D eigenvalue weighted by molar-refractivity contribution is 0.464. The first-order valence-corrected chi connectivity index (χ1v) is 6.58. The summed E-state index contributed by atoms with van der Waals surface area (Å²) >= 11 is 3.22. The van der Waals surface area contributed by atoms with Gasteiger partial charge in [0.05, 0.1) is 0 Å². The van der Waals surface area contributed by atoms with Crippen LogP contribution >= 0.6 is 26.6 Å². The molecule has 0 aliphatic heterocycles. The number of hydrogen-bond donors (Lipinski definition) is 0. The van der Waals surface area contributed by atoms with Crippen molar-refractivity contribution in [1.82, 2.24) is 4.98 Å². The van der Waals surface area contributed by atoms with Crippen molar-refractivity contribution in [3.8, 4) is 0 Å². The molecule has 0 saturated carbocycles. The molecule has 0 atom stereocenters. The van der Waals surface area contributed by atoms with Gasteiger partial charge in [0.2, 0.25) is 0 Å². The molecule has 7 heteroatoms. The van der Waals surface area contributed by atoms with Crippen LogP contribution in [0.25, 0.3) is 11.1 Å². The second kappa shape index (κ2) is 3.22. The molecular weight excluding hydrogens is 294 g/mol. The predicted octanol–water partition coefficient (Wildman–Crippen LogP) is 2.52. The maximum Gasteiger partial charge on any atom is 0.332 e. The third kappa shape index (κ3) is 1.65. The Morgan fingerprint density at radius 3 is 2.71 bits per heavy atom. The van der Waals surface area contributed by atoms with Crippen molar-refractivity contribution >= 4 is 46.8 Å². The van der Waals surface area contributed by atoms with Crippen LogP contribution in [-0.2, 0) is 9.05 Å². The molecule has 0 unspecified atom stereocenters. The molecule has 0 radical (unpaired) electrons. The fourth-order valence-electron chi connectivity index (χ4n) is 0.999. The van der Waals surface area contributed by atoms with Crippen molar-refractivity contribution in [2.45, 2.75) is 5.22 Å². The van der Waals surface area contributed by atoms with Crippen LogP contribution < -0.4 is 0 Å². The molecule has 0 N–H and O–H groups in total. The third-order valence-corrected chi connectivity index (χ3v) is 3.19. The van der Waals surface area contributed by atoms with Crippen LogP contribution in [0.1, 0.15) is 0 Å². The minimum absolute atomic E-state index is 0.374. The predicted molar refractivity (Wildman–Crippen MR) is 54.7 cm³/mol. The summed E-state index contributed by atoms with van der Waals surface area (Å²) in [5.74, 6) is 0. The number of halogens is 2. The summed E-state index contributed by atoms with van der Waals surface area (Å²) in [7, 11) is 1.18. The van der Waals surface area contributed by atoms with E-state index < -0.39 is 14.3 Å². The Morgan fingerprint density at radius 1 is 1.43 bits per heavy atom. The van der Waals surface area contributed by atoms with E-state index in [-0.39, 0.29) is 0 Å². The van der Waals surface area contributed by atoms with Gasteiger partial charge in [0.15, 0.2) is 5.58 Å². The topological polar surface area (TPSA) is 60.2 Å². The number of aromatic nitrogens is 1. The highest BCUT2D eigenvalue weighted by Gasteiger charge is 2.19. The van der Waals surface area contributed by atoms with Gasteiger partial charge < -0.3 is 4.42 Å². The van der Waals surface area contributed by atoms with E-state index >= 15 is 0 Å². The number of oxazole rings is 1. The quantitative estimate of drug-likeness (QED) is 0.759. The third-order valence-electron chi connectivity index (χ3n) is 1.56. The first-order chi connectivity index (χ1) is 6.48.